The summed E-state index contributed by atoms with van der Waals surface area (Å²) in [4.78, 5) is 25.6. The number of ether oxygens (including phenoxy) is 1. The van der Waals surface area contributed by atoms with Crippen LogP contribution in [0, 0.1) is 5.92 Å². The Bertz CT molecular complexity index is 584. The smallest absolute Gasteiger partial charge is 0.326 e. The zero-order chi connectivity index (χ0) is 15.0. The predicted molar refractivity (Wildman–Crippen MR) is 75.8 cm³/mol. The molecule has 2 aliphatic heterocycles. The average Bonchev–Trinajstić information content (AvgIpc) is 2.93. The molecule has 5 heteroatoms. The molecule has 1 saturated heterocycles. The second kappa shape index (κ2) is 5.48. The molecule has 1 N–H and O–H groups in total. The zero-order valence-electron chi connectivity index (χ0n) is 12.0. The number of hydrogen-bond donors (Lipinski definition) is 1. The molecule has 2 heterocycles. The van der Waals surface area contributed by atoms with Gasteiger partial charge in [0.2, 0.25) is 0 Å². The molecule has 1 amide bonds. The molecule has 21 heavy (non-hydrogen) atoms. The summed E-state index contributed by atoms with van der Waals surface area (Å²) in [7, 11) is 0. The van der Waals surface area contributed by atoms with Crippen LogP contribution in [-0.2, 0) is 22.7 Å². The maximum atomic E-state index is 12.6. The Labute approximate surface area is 123 Å². The SMILES string of the molecule is CC1CCN(C(=O)c2ccc3c(c2)COC3)C(C(=O)O)C1. The lowest BCUT2D eigenvalue weighted by Gasteiger charge is -2.36. The number of carboxylic acids is 1. The van der Waals surface area contributed by atoms with Gasteiger partial charge in [-0.05, 0) is 42.0 Å². The van der Waals surface area contributed by atoms with Crippen LogP contribution in [0.2, 0.25) is 0 Å². The summed E-state index contributed by atoms with van der Waals surface area (Å²) in [5, 5.41) is 9.36. The van der Waals surface area contributed by atoms with Crippen molar-refractivity contribution in [1.29, 1.82) is 0 Å². The van der Waals surface area contributed by atoms with Gasteiger partial charge in [0.05, 0.1) is 13.2 Å². The third kappa shape index (κ3) is 2.65. The number of carbonyl (C=O) groups excluding carboxylic acids is 1. The van der Waals surface area contributed by atoms with Gasteiger partial charge in [-0.1, -0.05) is 13.0 Å². The summed E-state index contributed by atoms with van der Waals surface area (Å²) < 4.78 is 5.35. The fourth-order valence-corrected chi connectivity index (χ4v) is 3.09. The first-order chi connectivity index (χ1) is 10.1. The molecule has 1 aromatic rings. The minimum Gasteiger partial charge on any atom is -0.480 e. The maximum absolute atomic E-state index is 12.6. The molecule has 3 rings (SSSR count). The van der Waals surface area contributed by atoms with E-state index in [1.54, 1.807) is 6.07 Å². The van der Waals surface area contributed by atoms with Crippen LogP contribution in [0.4, 0.5) is 0 Å². The molecule has 1 aromatic carbocycles. The van der Waals surface area contributed by atoms with Crippen molar-refractivity contribution in [2.24, 2.45) is 5.92 Å². The van der Waals surface area contributed by atoms with Crippen molar-refractivity contribution >= 4 is 11.9 Å². The number of carbonyl (C=O) groups is 2. The van der Waals surface area contributed by atoms with E-state index < -0.39 is 12.0 Å². The van der Waals surface area contributed by atoms with Crippen molar-refractivity contribution < 1.29 is 19.4 Å². The monoisotopic (exact) mass is 289 g/mol. The van der Waals surface area contributed by atoms with Crippen molar-refractivity contribution in [3.63, 3.8) is 0 Å². The summed E-state index contributed by atoms with van der Waals surface area (Å²) in [6.07, 6.45) is 1.37. The normalized spacial score (nSPS) is 24.7. The van der Waals surface area contributed by atoms with E-state index in [4.69, 9.17) is 4.74 Å². The molecule has 0 aromatic heterocycles. The topological polar surface area (TPSA) is 66.8 Å². The van der Waals surface area contributed by atoms with E-state index >= 15 is 0 Å². The molecular weight excluding hydrogens is 270 g/mol. The van der Waals surface area contributed by atoms with Gasteiger partial charge in [-0.3, -0.25) is 4.79 Å². The second-order valence-electron chi connectivity index (χ2n) is 5.96. The number of fused-ring (bicyclic) bond motifs is 1. The number of rotatable bonds is 2. The molecule has 0 aliphatic carbocycles. The minimum absolute atomic E-state index is 0.191. The number of carboxylic acid groups (broad SMARTS) is 1. The van der Waals surface area contributed by atoms with Gasteiger partial charge in [-0.25, -0.2) is 4.79 Å². The molecule has 2 atom stereocenters. The van der Waals surface area contributed by atoms with Gasteiger partial charge in [0.15, 0.2) is 0 Å². The Balaban J connectivity index is 1.85. The largest absolute Gasteiger partial charge is 0.480 e. The third-order valence-electron chi connectivity index (χ3n) is 4.38. The maximum Gasteiger partial charge on any atom is 0.326 e. The van der Waals surface area contributed by atoms with Crippen LogP contribution in [-0.4, -0.2) is 34.5 Å². The van der Waals surface area contributed by atoms with Crippen LogP contribution >= 0.6 is 0 Å². The highest BCUT2D eigenvalue weighted by Crippen LogP contribution is 2.26. The summed E-state index contributed by atoms with van der Waals surface area (Å²) in [6, 6.07) is 4.79. The fourth-order valence-electron chi connectivity index (χ4n) is 3.09. The minimum atomic E-state index is -0.917. The first kappa shape index (κ1) is 14.1. The van der Waals surface area contributed by atoms with Crippen LogP contribution in [0.15, 0.2) is 18.2 Å². The van der Waals surface area contributed by atoms with E-state index in [9.17, 15) is 14.7 Å². The van der Waals surface area contributed by atoms with Crippen molar-refractivity contribution in [3.05, 3.63) is 34.9 Å². The molecule has 0 radical (unpaired) electrons. The first-order valence-corrected chi connectivity index (χ1v) is 7.29. The zero-order valence-corrected chi connectivity index (χ0v) is 12.0. The Kier molecular flexibility index (Phi) is 3.68. The quantitative estimate of drug-likeness (QED) is 0.904. The number of hydrogen-bond acceptors (Lipinski definition) is 3. The van der Waals surface area contributed by atoms with Gasteiger partial charge < -0.3 is 14.7 Å². The van der Waals surface area contributed by atoms with Gasteiger partial charge >= 0.3 is 5.97 Å². The van der Waals surface area contributed by atoms with E-state index in [0.717, 1.165) is 17.5 Å². The van der Waals surface area contributed by atoms with Crippen LogP contribution in [0.1, 0.15) is 41.3 Å². The first-order valence-electron chi connectivity index (χ1n) is 7.29. The number of aliphatic carboxylic acids is 1. The molecular formula is C16H19NO4. The highest BCUT2D eigenvalue weighted by Gasteiger charge is 2.35. The Hall–Kier alpha value is -1.88. The standard InChI is InChI=1S/C16H19NO4/c1-10-4-5-17(14(6-10)16(19)20)15(18)11-2-3-12-8-21-9-13(12)7-11/h2-3,7,10,14H,4-6,8-9H2,1H3,(H,19,20). The van der Waals surface area contributed by atoms with Crippen molar-refractivity contribution in [3.8, 4) is 0 Å². The van der Waals surface area contributed by atoms with Gasteiger partial charge in [-0.2, -0.15) is 0 Å². The van der Waals surface area contributed by atoms with E-state index in [-0.39, 0.29) is 5.91 Å². The van der Waals surface area contributed by atoms with Crippen LogP contribution in [0.5, 0.6) is 0 Å². The van der Waals surface area contributed by atoms with Crippen molar-refractivity contribution in [2.75, 3.05) is 6.54 Å². The fraction of sp³-hybridized carbons (Fsp3) is 0.500. The molecule has 1 fully saturated rings. The molecule has 0 spiro atoms. The Morgan fingerprint density at radius 3 is 2.81 bits per heavy atom. The van der Waals surface area contributed by atoms with E-state index in [1.165, 1.54) is 4.90 Å². The molecule has 0 saturated carbocycles. The third-order valence-corrected chi connectivity index (χ3v) is 4.38. The second-order valence-corrected chi connectivity index (χ2v) is 5.96. The van der Waals surface area contributed by atoms with Crippen LogP contribution in [0.3, 0.4) is 0 Å². The average molecular weight is 289 g/mol. The summed E-state index contributed by atoms with van der Waals surface area (Å²) in [6.45, 7) is 3.65. The lowest BCUT2D eigenvalue weighted by molar-refractivity contribution is -0.144. The summed E-state index contributed by atoms with van der Waals surface area (Å²) in [5.41, 5.74) is 2.69. The number of nitrogens with zero attached hydrogens (tertiary/aromatic N) is 1. The van der Waals surface area contributed by atoms with Crippen molar-refractivity contribution in [2.45, 2.75) is 39.0 Å². The van der Waals surface area contributed by atoms with Gasteiger partial charge in [0.25, 0.3) is 5.91 Å². The highest BCUT2D eigenvalue weighted by atomic mass is 16.5. The van der Waals surface area contributed by atoms with Gasteiger partial charge in [0, 0.05) is 12.1 Å². The lowest BCUT2D eigenvalue weighted by Crippen LogP contribution is -2.49. The predicted octanol–water partition coefficient (Wildman–Crippen LogP) is 2.04. The number of likely N-dealkylation sites (tertiary alicyclic amines) is 1. The molecule has 5 nitrogen and oxygen atoms in total. The van der Waals surface area contributed by atoms with E-state index in [2.05, 4.69) is 0 Å². The Morgan fingerprint density at radius 2 is 2.05 bits per heavy atom. The highest BCUT2D eigenvalue weighted by molar-refractivity contribution is 5.97. The number of piperidine rings is 1. The number of benzene rings is 1. The summed E-state index contributed by atoms with van der Waals surface area (Å²) in [5.74, 6) is -0.771. The Morgan fingerprint density at radius 1 is 1.29 bits per heavy atom. The molecule has 112 valence electrons. The van der Waals surface area contributed by atoms with Crippen molar-refractivity contribution in [1.82, 2.24) is 4.90 Å². The van der Waals surface area contributed by atoms with E-state index in [1.807, 2.05) is 19.1 Å². The lowest BCUT2D eigenvalue weighted by atomic mass is 9.91. The number of amides is 1. The van der Waals surface area contributed by atoms with Gasteiger partial charge in [0.1, 0.15) is 6.04 Å². The summed E-state index contributed by atoms with van der Waals surface area (Å²) >= 11 is 0. The van der Waals surface area contributed by atoms with E-state index in [0.29, 0.717) is 37.7 Å². The molecule has 2 unspecified atom stereocenters. The molecule has 2 aliphatic rings. The van der Waals surface area contributed by atoms with Crippen LogP contribution < -0.4 is 0 Å². The molecule has 0 bridgehead atoms. The van der Waals surface area contributed by atoms with Gasteiger partial charge in [-0.15, -0.1) is 0 Å². The van der Waals surface area contributed by atoms with Crippen LogP contribution in [0.25, 0.3) is 0 Å².